The van der Waals surface area contributed by atoms with Crippen LogP contribution >= 0.6 is 0 Å². The second-order valence-electron chi connectivity index (χ2n) is 0. The Balaban J connectivity index is -0.0000000105. The van der Waals surface area contributed by atoms with Gasteiger partial charge >= 0.3 is 59.1 Å². The van der Waals surface area contributed by atoms with Crippen LogP contribution < -0.4 is 59.1 Å². The van der Waals surface area contributed by atoms with Crippen molar-refractivity contribution in [1.82, 2.24) is 0 Å². The second-order valence-corrected chi connectivity index (χ2v) is 0. The quantitative estimate of drug-likeness (QED) is 0.231. The third kappa shape index (κ3) is 164. The van der Waals surface area contributed by atoms with Gasteiger partial charge in [0.1, 0.15) is 0 Å². The second kappa shape index (κ2) is 61.6. The molecule has 0 radical (unpaired) electrons. The van der Waals surface area contributed by atoms with Crippen molar-refractivity contribution in [2.24, 2.45) is 0 Å². The van der Waals surface area contributed by atoms with Crippen molar-refractivity contribution in [3.05, 3.63) is 6.57 Å². The van der Waals surface area contributed by atoms with E-state index in [-0.39, 0.29) is 67.0 Å². The van der Waals surface area contributed by atoms with Crippen LogP contribution in [-0.4, -0.2) is 7.85 Å². The molecule has 5 heteroatoms. The molecule has 26 valence electrons. The van der Waals surface area contributed by atoms with E-state index in [1.807, 2.05) is 5.97 Å². The topological polar surface area (TPSA) is 47.6 Å². The molecule has 0 bridgehead atoms. The summed E-state index contributed by atoms with van der Waals surface area (Å²) in [5.41, 5.74) is 0. The molecule has 2 nitrogen and oxygen atoms in total. The molecule has 0 aliphatic rings. The summed E-state index contributed by atoms with van der Waals surface area (Å²) >= 11 is 0. The van der Waals surface area contributed by atoms with Crippen LogP contribution in [0.1, 0.15) is 0 Å². The maximum atomic E-state index is 7.43. The Hall–Kier alpha value is 1.04. The average Bonchev–Trinajstić information content (AvgIpc) is 1.46. The van der Waals surface area contributed by atoms with Crippen molar-refractivity contribution >= 4 is 7.85 Å². The molecule has 0 atom stereocenters. The maximum Gasteiger partial charge on any atom is 1.00 e. The molecule has 0 spiro atoms. The Labute approximate surface area is 88.9 Å². The summed E-state index contributed by atoms with van der Waals surface area (Å²) in [6, 6.07) is 0. The smallest absolute Gasteiger partial charge is 0.512 e. The van der Waals surface area contributed by atoms with Crippen LogP contribution in [0.15, 0.2) is 0 Å². The molecule has 0 rings (SSSR count). The van der Waals surface area contributed by atoms with Crippen molar-refractivity contribution in [2.75, 3.05) is 0 Å². The first-order chi connectivity index (χ1) is 2.41. The largest absolute Gasteiger partial charge is 1.00 e. The molecule has 0 unspecified atom stereocenters. The van der Waals surface area contributed by atoms with Crippen LogP contribution in [0.2, 0.25) is 0 Å². The molecule has 7 heavy (non-hydrogen) atoms. The summed E-state index contributed by atoms with van der Waals surface area (Å²) in [6.07, 6.45) is 0. The molecule has 0 amide bonds. The molecule has 0 aromatic carbocycles. The fourth-order valence-corrected chi connectivity index (χ4v) is 0. The van der Waals surface area contributed by atoms with E-state index in [1.165, 1.54) is 0 Å². The Morgan fingerprint density at radius 1 is 1.29 bits per heavy atom. The first kappa shape index (κ1) is 24.4. The number of hydrogen-bond donors (Lipinski definition) is 0. The molecule has 0 heterocycles. The van der Waals surface area contributed by atoms with E-state index in [1.54, 1.807) is 0 Å². The standard InChI is InChI=1S/CH3BN.CN.2Na/c2-1-3;1-2;;/h2H3;;;/q2*-1;2*+1. The zero-order valence-electron chi connectivity index (χ0n) is 3.89. The minimum Gasteiger partial charge on any atom is -0.512 e. The normalized spacial score (nSPS) is 1.43. The summed E-state index contributed by atoms with van der Waals surface area (Å²) in [5.74, 6) is 2.00. The van der Waals surface area contributed by atoms with Gasteiger partial charge in [0.2, 0.25) is 0 Å². The molecule has 0 aliphatic carbocycles. The van der Waals surface area contributed by atoms with E-state index in [4.69, 9.17) is 17.1 Å². The predicted molar refractivity (Wildman–Crippen MR) is 20.5 cm³/mol. The molecule has 0 aliphatic heterocycles. The molecule has 0 N–H and O–H groups in total. The molecule has 0 saturated heterocycles. The molecule has 0 fully saturated rings. The summed E-state index contributed by atoms with van der Waals surface area (Å²) in [5, 5.41) is 13.7. The van der Waals surface area contributed by atoms with Gasteiger partial charge in [-0.3, -0.25) is 5.26 Å². The van der Waals surface area contributed by atoms with Crippen molar-refractivity contribution in [3.63, 3.8) is 0 Å². The van der Waals surface area contributed by atoms with Gasteiger partial charge in [0.05, 0.1) is 7.85 Å². The number of nitriles is 1. The molecular formula is C2H3BN2Na2. The monoisotopic (exact) mass is 112 g/mol. The van der Waals surface area contributed by atoms with Crippen LogP contribution in [-0.2, 0) is 0 Å². The van der Waals surface area contributed by atoms with Crippen LogP contribution in [0.3, 0.4) is 0 Å². The van der Waals surface area contributed by atoms with Gasteiger partial charge in [-0.05, 0) is 0 Å². The van der Waals surface area contributed by atoms with Gasteiger partial charge in [0.15, 0.2) is 0 Å². The van der Waals surface area contributed by atoms with E-state index >= 15 is 0 Å². The van der Waals surface area contributed by atoms with Gasteiger partial charge < -0.3 is 11.8 Å². The van der Waals surface area contributed by atoms with Gasteiger partial charge in [-0.2, -0.15) is 5.97 Å². The molecule has 0 aromatic heterocycles. The van der Waals surface area contributed by atoms with Crippen molar-refractivity contribution < 1.29 is 59.1 Å². The van der Waals surface area contributed by atoms with Crippen LogP contribution in [0.4, 0.5) is 0 Å². The third-order valence-electron chi connectivity index (χ3n) is 0. The summed E-state index contributed by atoms with van der Waals surface area (Å²) in [4.78, 5) is 0. The zero-order chi connectivity index (χ0) is 4.71. The van der Waals surface area contributed by atoms with Crippen molar-refractivity contribution in [3.8, 4) is 5.97 Å². The third-order valence-corrected chi connectivity index (χ3v) is 0. The Morgan fingerprint density at radius 2 is 1.29 bits per heavy atom. The van der Waals surface area contributed by atoms with E-state index in [0.717, 1.165) is 0 Å². The zero-order valence-corrected chi connectivity index (χ0v) is 7.89. The maximum absolute atomic E-state index is 7.43. The van der Waals surface area contributed by atoms with E-state index in [2.05, 4.69) is 0 Å². The average molecular weight is 112 g/mol. The van der Waals surface area contributed by atoms with Crippen LogP contribution in [0, 0.1) is 23.1 Å². The number of rotatable bonds is 0. The van der Waals surface area contributed by atoms with Gasteiger partial charge in [0.25, 0.3) is 0 Å². The van der Waals surface area contributed by atoms with E-state index in [9.17, 15) is 0 Å². The molecule has 0 aromatic rings. The van der Waals surface area contributed by atoms with Crippen molar-refractivity contribution in [1.29, 1.82) is 10.5 Å². The SMILES string of the molecule is [BH3-]C#N.[C-]#N.[Na+].[Na+]. The molecular weight excluding hydrogens is 109 g/mol. The summed E-state index contributed by atoms with van der Waals surface area (Å²) in [7, 11) is 0.0694. The van der Waals surface area contributed by atoms with Crippen LogP contribution in [0.5, 0.6) is 0 Å². The Bertz CT molecular complexity index is 56.4. The van der Waals surface area contributed by atoms with Gasteiger partial charge in [-0.1, -0.05) is 0 Å². The molecule has 0 saturated carbocycles. The Morgan fingerprint density at radius 3 is 1.29 bits per heavy atom. The first-order valence-corrected chi connectivity index (χ1v) is 0.447. The fourth-order valence-electron chi connectivity index (χ4n) is 0. The summed E-state index contributed by atoms with van der Waals surface area (Å²) < 4.78 is 0. The fraction of sp³-hybridized carbons (Fsp3) is 0. The van der Waals surface area contributed by atoms with E-state index < -0.39 is 0 Å². The van der Waals surface area contributed by atoms with Gasteiger partial charge in [-0.25, -0.2) is 0 Å². The minimum atomic E-state index is 0. The van der Waals surface area contributed by atoms with E-state index in [0.29, 0.717) is 0 Å². The first-order valence-electron chi connectivity index (χ1n) is 0.447. The minimum absolute atomic E-state index is 0. The van der Waals surface area contributed by atoms with Crippen molar-refractivity contribution in [2.45, 2.75) is 0 Å². The number of hydrogen-bond acceptors (Lipinski definition) is 2. The van der Waals surface area contributed by atoms with Gasteiger partial charge in [-0.15, -0.1) is 0 Å². The number of nitrogens with zero attached hydrogens (tertiary/aromatic N) is 2. The summed E-state index contributed by atoms with van der Waals surface area (Å²) in [6.45, 7) is 4.75. The van der Waals surface area contributed by atoms with Gasteiger partial charge in [0, 0.05) is 0 Å². The predicted octanol–water partition coefficient (Wildman–Crippen LogP) is -7.06. The van der Waals surface area contributed by atoms with Crippen LogP contribution in [0.25, 0.3) is 0 Å². The Kier molecular flexibility index (Phi) is 215.